The highest BCUT2D eigenvalue weighted by Gasteiger charge is 2.34. The standard InChI is InChI=1S/C24H28ClN3O2S/c1-4-5-12-22-26-15-19(28(22)17-18-9-6-7-11-21(18)25)16-27-24(2,23(29)30-3)14-20-10-8-13-31-20/h6-11,13,15-16H,4-5,12,14,17H2,1-3H3. The van der Waals surface area contributed by atoms with E-state index in [0.717, 1.165) is 46.2 Å². The summed E-state index contributed by atoms with van der Waals surface area (Å²) < 4.78 is 7.19. The third-order valence-electron chi connectivity index (χ3n) is 5.21. The molecule has 0 spiro atoms. The van der Waals surface area contributed by atoms with Gasteiger partial charge in [0, 0.05) is 29.0 Å². The lowest BCUT2D eigenvalue weighted by atomic mass is 9.98. The molecule has 3 rings (SSSR count). The summed E-state index contributed by atoms with van der Waals surface area (Å²) in [4.78, 5) is 23.0. The van der Waals surface area contributed by atoms with Crippen LogP contribution in [0.5, 0.6) is 0 Å². The number of esters is 1. The molecule has 1 atom stereocenters. The number of aliphatic imine (C=N–C) groups is 1. The van der Waals surface area contributed by atoms with E-state index in [-0.39, 0.29) is 5.97 Å². The monoisotopic (exact) mass is 457 g/mol. The van der Waals surface area contributed by atoms with Gasteiger partial charge in [-0.1, -0.05) is 49.2 Å². The Morgan fingerprint density at radius 3 is 2.81 bits per heavy atom. The molecule has 0 N–H and O–H groups in total. The summed E-state index contributed by atoms with van der Waals surface area (Å²) in [5.74, 6) is 0.627. The number of imidazole rings is 1. The van der Waals surface area contributed by atoms with Gasteiger partial charge in [0.15, 0.2) is 5.54 Å². The van der Waals surface area contributed by atoms with Gasteiger partial charge in [-0.05, 0) is 36.4 Å². The van der Waals surface area contributed by atoms with Crippen LogP contribution in [0.4, 0.5) is 0 Å². The molecule has 1 aromatic carbocycles. The number of nitrogens with zero attached hydrogens (tertiary/aromatic N) is 3. The number of ether oxygens (including phenoxy) is 1. The van der Waals surface area contributed by atoms with Crippen LogP contribution in [0.25, 0.3) is 0 Å². The Labute approximate surface area is 192 Å². The van der Waals surface area contributed by atoms with Crippen LogP contribution in [0.1, 0.15) is 48.6 Å². The Morgan fingerprint density at radius 1 is 1.32 bits per heavy atom. The van der Waals surface area contributed by atoms with Gasteiger partial charge in [0.25, 0.3) is 0 Å². The Bertz CT molecular complexity index is 1030. The van der Waals surface area contributed by atoms with Crippen molar-refractivity contribution in [3.05, 3.63) is 75.0 Å². The summed E-state index contributed by atoms with van der Waals surface area (Å²) in [6.07, 6.45) is 7.05. The first kappa shape index (κ1) is 23.2. The van der Waals surface area contributed by atoms with Crippen molar-refractivity contribution in [1.29, 1.82) is 0 Å². The van der Waals surface area contributed by atoms with Crippen molar-refractivity contribution in [2.45, 2.75) is 51.6 Å². The van der Waals surface area contributed by atoms with Crippen molar-refractivity contribution in [3.63, 3.8) is 0 Å². The van der Waals surface area contributed by atoms with Crippen LogP contribution in [0.15, 0.2) is 53.0 Å². The van der Waals surface area contributed by atoms with Crippen molar-refractivity contribution in [2.24, 2.45) is 4.99 Å². The number of aryl methyl sites for hydroxylation is 1. The molecule has 2 heterocycles. The quantitative estimate of drug-likeness (QED) is 0.295. The molecule has 2 aromatic heterocycles. The smallest absolute Gasteiger partial charge is 0.333 e. The number of benzene rings is 1. The van der Waals surface area contributed by atoms with Gasteiger partial charge in [0.05, 0.1) is 25.5 Å². The third-order valence-corrected chi connectivity index (χ3v) is 6.46. The van der Waals surface area contributed by atoms with E-state index in [1.165, 1.54) is 7.11 Å². The maximum atomic E-state index is 12.6. The van der Waals surface area contributed by atoms with Gasteiger partial charge < -0.3 is 9.30 Å². The van der Waals surface area contributed by atoms with Gasteiger partial charge in [-0.2, -0.15) is 0 Å². The van der Waals surface area contributed by atoms with Crippen LogP contribution in [-0.4, -0.2) is 34.4 Å². The minimum absolute atomic E-state index is 0.361. The highest BCUT2D eigenvalue weighted by atomic mass is 35.5. The zero-order valence-electron chi connectivity index (χ0n) is 18.2. The Hall–Kier alpha value is -2.44. The lowest BCUT2D eigenvalue weighted by molar-refractivity contribution is -0.146. The average molecular weight is 458 g/mol. The Kier molecular flexibility index (Phi) is 8.04. The molecule has 0 aliphatic heterocycles. The highest BCUT2D eigenvalue weighted by Crippen LogP contribution is 2.24. The molecule has 0 aliphatic carbocycles. The van der Waals surface area contributed by atoms with Crippen LogP contribution < -0.4 is 0 Å². The number of unbranched alkanes of at least 4 members (excludes halogenated alkanes) is 1. The lowest BCUT2D eigenvalue weighted by Crippen LogP contribution is -2.37. The first-order valence-corrected chi connectivity index (χ1v) is 11.7. The van der Waals surface area contributed by atoms with E-state index in [0.29, 0.717) is 13.0 Å². The third kappa shape index (κ3) is 5.83. The molecule has 0 saturated carbocycles. The van der Waals surface area contributed by atoms with Crippen LogP contribution in [0.3, 0.4) is 0 Å². The Balaban J connectivity index is 1.94. The summed E-state index contributed by atoms with van der Waals surface area (Å²) in [5.41, 5.74) is 0.846. The molecule has 0 bridgehead atoms. The molecule has 0 fully saturated rings. The van der Waals surface area contributed by atoms with Gasteiger partial charge >= 0.3 is 5.97 Å². The summed E-state index contributed by atoms with van der Waals surface area (Å²) in [7, 11) is 1.40. The number of rotatable bonds is 10. The summed E-state index contributed by atoms with van der Waals surface area (Å²) in [5, 5.41) is 2.72. The topological polar surface area (TPSA) is 56.5 Å². The van der Waals surface area contributed by atoms with Crippen LogP contribution in [0.2, 0.25) is 5.02 Å². The molecule has 7 heteroatoms. The minimum Gasteiger partial charge on any atom is -0.467 e. The molecule has 31 heavy (non-hydrogen) atoms. The number of hydrogen-bond donors (Lipinski definition) is 0. The SMILES string of the molecule is CCCCc1ncc(C=NC(C)(Cc2cccs2)C(=O)OC)n1Cc1ccccc1Cl. The predicted octanol–water partition coefficient (Wildman–Crippen LogP) is 5.58. The van der Waals surface area contributed by atoms with E-state index in [1.807, 2.05) is 54.9 Å². The zero-order valence-corrected chi connectivity index (χ0v) is 19.7. The maximum Gasteiger partial charge on any atom is 0.333 e. The molecule has 0 amide bonds. The number of halogens is 1. The fraction of sp³-hybridized carbons (Fsp3) is 0.375. The molecule has 0 radical (unpaired) electrons. The maximum absolute atomic E-state index is 12.6. The van der Waals surface area contributed by atoms with E-state index in [1.54, 1.807) is 17.6 Å². The van der Waals surface area contributed by atoms with Gasteiger partial charge in [-0.15, -0.1) is 11.3 Å². The summed E-state index contributed by atoms with van der Waals surface area (Å²) >= 11 is 8.02. The molecule has 3 aromatic rings. The molecular weight excluding hydrogens is 430 g/mol. The van der Waals surface area contributed by atoms with Crippen LogP contribution >= 0.6 is 22.9 Å². The van der Waals surface area contributed by atoms with Gasteiger partial charge in [-0.3, -0.25) is 4.99 Å². The lowest BCUT2D eigenvalue weighted by Gasteiger charge is -2.21. The largest absolute Gasteiger partial charge is 0.467 e. The van der Waals surface area contributed by atoms with E-state index in [2.05, 4.69) is 16.5 Å². The van der Waals surface area contributed by atoms with Crippen LogP contribution in [0, 0.1) is 0 Å². The van der Waals surface area contributed by atoms with Crippen molar-refractivity contribution in [1.82, 2.24) is 9.55 Å². The fourth-order valence-electron chi connectivity index (χ4n) is 3.40. The van der Waals surface area contributed by atoms with Gasteiger partial charge in [-0.25, -0.2) is 9.78 Å². The molecule has 0 saturated heterocycles. The number of carbonyl (C=O) groups is 1. The number of carbonyl (C=O) groups excluding carboxylic acids is 1. The number of methoxy groups -OCH3 is 1. The van der Waals surface area contributed by atoms with E-state index < -0.39 is 5.54 Å². The molecule has 5 nitrogen and oxygen atoms in total. The second-order valence-electron chi connectivity index (χ2n) is 7.66. The predicted molar refractivity (Wildman–Crippen MR) is 127 cm³/mol. The van der Waals surface area contributed by atoms with Crippen LogP contribution in [-0.2, 0) is 28.9 Å². The number of thiophene rings is 1. The average Bonchev–Trinajstić information content (AvgIpc) is 3.41. The molecular formula is C24H28ClN3O2S. The number of hydrogen-bond acceptors (Lipinski definition) is 5. The molecule has 164 valence electrons. The van der Waals surface area contributed by atoms with Crippen molar-refractivity contribution >= 4 is 35.1 Å². The van der Waals surface area contributed by atoms with E-state index in [4.69, 9.17) is 21.3 Å². The zero-order chi connectivity index (χ0) is 22.3. The first-order valence-electron chi connectivity index (χ1n) is 10.4. The highest BCUT2D eigenvalue weighted by molar-refractivity contribution is 7.09. The van der Waals surface area contributed by atoms with E-state index >= 15 is 0 Å². The van der Waals surface area contributed by atoms with E-state index in [9.17, 15) is 4.79 Å². The summed E-state index contributed by atoms with van der Waals surface area (Å²) in [6.45, 7) is 4.57. The van der Waals surface area contributed by atoms with Gasteiger partial charge in [0.2, 0.25) is 0 Å². The van der Waals surface area contributed by atoms with Gasteiger partial charge in [0.1, 0.15) is 5.82 Å². The molecule has 1 unspecified atom stereocenters. The second kappa shape index (κ2) is 10.7. The normalized spacial score (nSPS) is 13.4. The Morgan fingerprint density at radius 2 is 2.13 bits per heavy atom. The van der Waals surface area contributed by atoms with Crippen molar-refractivity contribution in [2.75, 3.05) is 7.11 Å². The first-order chi connectivity index (χ1) is 15.0. The fourth-order valence-corrected chi connectivity index (χ4v) is 4.45. The number of aromatic nitrogens is 2. The summed E-state index contributed by atoms with van der Waals surface area (Å²) in [6, 6.07) is 11.8. The molecule has 0 aliphatic rings. The van der Waals surface area contributed by atoms with Crippen molar-refractivity contribution in [3.8, 4) is 0 Å². The van der Waals surface area contributed by atoms with Crippen molar-refractivity contribution < 1.29 is 9.53 Å². The minimum atomic E-state index is -1.01. The second-order valence-corrected chi connectivity index (χ2v) is 9.10.